The molecule has 0 saturated heterocycles. The van der Waals surface area contributed by atoms with Gasteiger partial charge in [0.1, 0.15) is 5.01 Å². The highest BCUT2D eigenvalue weighted by atomic mass is 32.1. The molecule has 0 aliphatic rings. The van der Waals surface area contributed by atoms with Crippen LogP contribution in [0.15, 0.2) is 170 Å². The van der Waals surface area contributed by atoms with E-state index in [9.17, 15) is 0 Å². The van der Waals surface area contributed by atoms with E-state index in [1.54, 1.807) is 22.7 Å². The molecule has 8 aromatic carbocycles. The van der Waals surface area contributed by atoms with Crippen LogP contribution in [-0.4, -0.2) is 19.9 Å². The molecular weight excluding hydrogens is 697 g/mol. The Morgan fingerprint density at radius 3 is 1.65 bits per heavy atom. The van der Waals surface area contributed by atoms with Gasteiger partial charge in [-0.25, -0.2) is 19.9 Å². The molecule has 4 nitrogen and oxygen atoms in total. The standard InChI is InChI=1S/C48H28N4S2/c1-3-11-30(12-4-1)45-50-46(31-21-19-29(20-22-31)38-25-33-15-7-8-16-35(33)36-17-9-10-18-37(36)38)52-47(51-45)34-23-24-42-39(26-34)40-27-44-41(28-43(40)53-42)49-48(54-44)32-13-5-2-6-14-32/h1-28H. The lowest BCUT2D eigenvalue weighted by atomic mass is 9.93. The molecule has 11 aromatic rings. The van der Waals surface area contributed by atoms with E-state index in [4.69, 9.17) is 19.9 Å². The highest BCUT2D eigenvalue weighted by molar-refractivity contribution is 7.26. The summed E-state index contributed by atoms with van der Waals surface area (Å²) in [5.74, 6) is 1.94. The first-order valence-corrected chi connectivity index (χ1v) is 19.5. The van der Waals surface area contributed by atoms with Crippen LogP contribution in [-0.2, 0) is 0 Å². The molecule has 0 aliphatic heterocycles. The van der Waals surface area contributed by atoms with E-state index in [2.05, 4.69) is 146 Å². The van der Waals surface area contributed by atoms with Gasteiger partial charge in [-0.15, -0.1) is 22.7 Å². The van der Waals surface area contributed by atoms with Gasteiger partial charge in [0.15, 0.2) is 17.5 Å². The average molecular weight is 725 g/mol. The summed E-state index contributed by atoms with van der Waals surface area (Å²) in [5.41, 5.74) is 7.38. The van der Waals surface area contributed by atoms with Crippen molar-refractivity contribution in [2.24, 2.45) is 0 Å². The lowest BCUT2D eigenvalue weighted by Gasteiger charge is -2.12. The molecule has 3 heterocycles. The van der Waals surface area contributed by atoms with Gasteiger partial charge in [0.25, 0.3) is 0 Å². The average Bonchev–Trinajstić information content (AvgIpc) is 3.83. The highest BCUT2D eigenvalue weighted by Gasteiger charge is 2.16. The Bertz CT molecular complexity index is 3200. The number of aromatic nitrogens is 4. The minimum atomic E-state index is 0.642. The first kappa shape index (κ1) is 31.0. The molecule has 0 spiro atoms. The minimum Gasteiger partial charge on any atom is -0.236 e. The van der Waals surface area contributed by atoms with Crippen LogP contribution < -0.4 is 0 Å². The number of hydrogen-bond donors (Lipinski definition) is 0. The van der Waals surface area contributed by atoms with Gasteiger partial charge in [0, 0.05) is 42.4 Å². The molecule has 11 rings (SSSR count). The van der Waals surface area contributed by atoms with Gasteiger partial charge in [0.05, 0.1) is 10.2 Å². The monoisotopic (exact) mass is 724 g/mol. The molecule has 252 valence electrons. The van der Waals surface area contributed by atoms with Crippen molar-refractivity contribution in [1.29, 1.82) is 0 Å². The summed E-state index contributed by atoms with van der Waals surface area (Å²) in [4.78, 5) is 20.2. The summed E-state index contributed by atoms with van der Waals surface area (Å²) in [7, 11) is 0. The molecule has 0 N–H and O–H groups in total. The number of rotatable bonds is 5. The fourth-order valence-electron chi connectivity index (χ4n) is 7.48. The molecular formula is C48H28N4S2. The topological polar surface area (TPSA) is 51.6 Å². The van der Waals surface area contributed by atoms with Crippen LogP contribution in [0.1, 0.15) is 0 Å². The number of benzene rings is 8. The Labute approximate surface area is 318 Å². The van der Waals surface area contributed by atoms with Gasteiger partial charge in [-0.3, -0.25) is 0 Å². The number of thiophene rings is 1. The van der Waals surface area contributed by atoms with Gasteiger partial charge in [-0.05, 0) is 69.1 Å². The second kappa shape index (κ2) is 12.5. The van der Waals surface area contributed by atoms with E-state index in [1.807, 2.05) is 24.3 Å². The Morgan fingerprint density at radius 1 is 0.315 bits per heavy atom. The van der Waals surface area contributed by atoms with E-state index < -0.39 is 0 Å². The zero-order valence-corrected chi connectivity index (χ0v) is 30.4. The molecule has 0 amide bonds. The summed E-state index contributed by atoms with van der Waals surface area (Å²) in [5, 5.41) is 8.45. The molecule has 0 unspecified atom stereocenters. The maximum atomic E-state index is 5.12. The molecule has 6 heteroatoms. The van der Waals surface area contributed by atoms with Crippen molar-refractivity contribution in [1.82, 2.24) is 19.9 Å². The fraction of sp³-hybridized carbons (Fsp3) is 0. The van der Waals surface area contributed by atoms with Crippen LogP contribution in [0.3, 0.4) is 0 Å². The number of hydrogen-bond acceptors (Lipinski definition) is 6. The fourth-order valence-corrected chi connectivity index (χ4v) is 9.58. The normalized spacial score (nSPS) is 11.7. The van der Waals surface area contributed by atoms with Crippen molar-refractivity contribution in [2.75, 3.05) is 0 Å². The Morgan fingerprint density at radius 2 is 0.889 bits per heavy atom. The Kier molecular flexibility index (Phi) is 7.18. The van der Waals surface area contributed by atoms with Gasteiger partial charge in [0.2, 0.25) is 0 Å². The van der Waals surface area contributed by atoms with E-state index in [0.29, 0.717) is 17.5 Å². The molecule has 0 radical (unpaired) electrons. The number of fused-ring (bicyclic) bond motifs is 7. The molecule has 0 bridgehead atoms. The second-order valence-electron chi connectivity index (χ2n) is 13.5. The zero-order chi connectivity index (χ0) is 35.6. The first-order valence-electron chi connectivity index (χ1n) is 17.9. The van der Waals surface area contributed by atoms with Gasteiger partial charge in [-0.1, -0.05) is 133 Å². The van der Waals surface area contributed by atoms with Crippen LogP contribution in [0.4, 0.5) is 0 Å². The molecule has 3 aromatic heterocycles. The van der Waals surface area contributed by atoms with Crippen LogP contribution in [0.2, 0.25) is 0 Å². The first-order chi connectivity index (χ1) is 26.7. The van der Waals surface area contributed by atoms with E-state index in [-0.39, 0.29) is 0 Å². The van der Waals surface area contributed by atoms with Crippen molar-refractivity contribution in [3.05, 3.63) is 170 Å². The molecule has 0 saturated carbocycles. The third-order valence-electron chi connectivity index (χ3n) is 10.1. The molecule has 0 fully saturated rings. The maximum Gasteiger partial charge on any atom is 0.164 e. The Hall–Kier alpha value is -6.60. The largest absolute Gasteiger partial charge is 0.236 e. The SMILES string of the molecule is c1ccc(-c2nc(-c3ccc(-c4cc5ccccc5c5ccccc45)cc3)nc(-c3ccc4sc5cc6nc(-c7ccccc7)sc6cc5c4c3)n2)cc1. The molecule has 54 heavy (non-hydrogen) atoms. The third kappa shape index (κ3) is 5.26. The zero-order valence-electron chi connectivity index (χ0n) is 28.8. The smallest absolute Gasteiger partial charge is 0.164 e. The number of thiazole rings is 1. The summed E-state index contributed by atoms with van der Waals surface area (Å²) >= 11 is 3.54. The third-order valence-corrected chi connectivity index (χ3v) is 12.3. The van der Waals surface area contributed by atoms with Gasteiger partial charge < -0.3 is 0 Å². The predicted octanol–water partition coefficient (Wildman–Crippen LogP) is 13.5. The van der Waals surface area contributed by atoms with Crippen molar-refractivity contribution >= 4 is 74.6 Å². The summed E-state index contributed by atoms with van der Waals surface area (Å²) in [6.45, 7) is 0. The van der Waals surface area contributed by atoms with E-state index in [0.717, 1.165) is 38.3 Å². The van der Waals surface area contributed by atoms with Crippen molar-refractivity contribution in [3.8, 4) is 55.9 Å². The van der Waals surface area contributed by atoms with Crippen molar-refractivity contribution in [2.45, 2.75) is 0 Å². The van der Waals surface area contributed by atoms with Crippen LogP contribution in [0.5, 0.6) is 0 Å². The quantitative estimate of drug-likeness (QED) is 0.166. The second-order valence-corrected chi connectivity index (χ2v) is 15.6. The predicted molar refractivity (Wildman–Crippen MR) is 228 cm³/mol. The lowest BCUT2D eigenvalue weighted by molar-refractivity contribution is 1.07. The van der Waals surface area contributed by atoms with Gasteiger partial charge in [-0.2, -0.15) is 0 Å². The van der Waals surface area contributed by atoms with Crippen LogP contribution >= 0.6 is 22.7 Å². The Balaban J connectivity index is 1.02. The lowest BCUT2D eigenvalue weighted by Crippen LogP contribution is -2.00. The van der Waals surface area contributed by atoms with Crippen LogP contribution in [0, 0.1) is 0 Å². The van der Waals surface area contributed by atoms with Crippen LogP contribution in [0.25, 0.3) is 108 Å². The van der Waals surface area contributed by atoms with Crippen molar-refractivity contribution < 1.29 is 0 Å². The summed E-state index contributed by atoms with van der Waals surface area (Å²) in [6.07, 6.45) is 0. The molecule has 0 aliphatic carbocycles. The van der Waals surface area contributed by atoms with Gasteiger partial charge >= 0.3 is 0 Å². The minimum absolute atomic E-state index is 0.642. The highest BCUT2D eigenvalue weighted by Crippen LogP contribution is 2.41. The van der Waals surface area contributed by atoms with Crippen molar-refractivity contribution in [3.63, 3.8) is 0 Å². The molecule has 0 atom stereocenters. The van der Waals surface area contributed by atoms with E-state index in [1.165, 1.54) is 52.0 Å². The number of nitrogens with zero attached hydrogens (tertiary/aromatic N) is 4. The van der Waals surface area contributed by atoms with E-state index >= 15 is 0 Å². The summed E-state index contributed by atoms with van der Waals surface area (Å²) < 4.78 is 3.63. The maximum absolute atomic E-state index is 5.12. The summed E-state index contributed by atoms with van der Waals surface area (Å²) in [6, 6.07) is 59.9.